The number of Topliss-reactive ketones (excluding diaryl/α,β-unsaturated/α-hetero) is 1. The highest BCUT2D eigenvalue weighted by Gasteiger charge is 2.32. The normalized spacial score (nSPS) is 16.4. The third kappa shape index (κ3) is 3.65. The minimum absolute atomic E-state index is 0.0961. The van der Waals surface area contributed by atoms with Crippen molar-refractivity contribution in [3.63, 3.8) is 0 Å². The van der Waals surface area contributed by atoms with E-state index >= 15 is 0 Å². The van der Waals surface area contributed by atoms with E-state index in [-0.39, 0.29) is 11.5 Å². The average Bonchev–Trinajstić information content (AvgIpc) is 2.67. The van der Waals surface area contributed by atoms with Gasteiger partial charge in [0.15, 0.2) is 10.9 Å². The van der Waals surface area contributed by atoms with E-state index in [0.29, 0.717) is 27.7 Å². The Morgan fingerprint density at radius 3 is 2.52 bits per heavy atom. The van der Waals surface area contributed by atoms with Gasteiger partial charge >= 0.3 is 0 Å². The fourth-order valence-electron chi connectivity index (χ4n) is 3.07. The molecule has 0 saturated heterocycles. The molecule has 0 fully saturated rings. The summed E-state index contributed by atoms with van der Waals surface area (Å²) >= 11 is 5.32. The summed E-state index contributed by atoms with van der Waals surface area (Å²) in [6, 6.07) is 12.9. The van der Waals surface area contributed by atoms with Crippen molar-refractivity contribution in [3.05, 3.63) is 75.3 Å². The standard InChI is InChI=1S/C19H17N3O4S/c1-11(23)16-17(12-6-4-3-5-7-12)20-19(27)21-18(16)14-10-13(22(24)25)8-9-15(14)26-2/h3-10,18H,1-2H3,(H2,20,21,27)/t18-/m0/s1. The molecule has 0 aliphatic carbocycles. The molecule has 27 heavy (non-hydrogen) atoms. The number of thiocarbonyl (C=S) groups is 1. The van der Waals surface area contributed by atoms with Gasteiger partial charge in [0, 0.05) is 23.3 Å². The molecule has 0 aromatic heterocycles. The van der Waals surface area contributed by atoms with E-state index < -0.39 is 11.0 Å². The average molecular weight is 383 g/mol. The minimum atomic E-state index is -0.679. The number of non-ortho nitro benzene ring substituents is 1. The number of nitrogens with zero attached hydrogens (tertiary/aromatic N) is 1. The SMILES string of the molecule is COc1ccc([N+](=O)[O-])cc1[C@@H]1NC(=S)NC(c2ccccc2)=C1C(C)=O. The lowest BCUT2D eigenvalue weighted by Gasteiger charge is -2.31. The van der Waals surface area contributed by atoms with Gasteiger partial charge in [0.1, 0.15) is 5.75 Å². The van der Waals surface area contributed by atoms with E-state index in [1.54, 1.807) is 0 Å². The van der Waals surface area contributed by atoms with Crippen molar-refractivity contribution in [1.82, 2.24) is 10.6 Å². The Morgan fingerprint density at radius 2 is 1.93 bits per heavy atom. The Bertz CT molecular complexity index is 957. The predicted molar refractivity (Wildman–Crippen MR) is 105 cm³/mol. The Balaban J connectivity index is 2.25. The number of ketones is 1. The summed E-state index contributed by atoms with van der Waals surface area (Å²) in [4.78, 5) is 23.3. The highest BCUT2D eigenvalue weighted by Crippen LogP contribution is 2.37. The van der Waals surface area contributed by atoms with Crippen LogP contribution in [0.25, 0.3) is 5.70 Å². The summed E-state index contributed by atoms with van der Waals surface area (Å²) in [5, 5.41) is 17.6. The van der Waals surface area contributed by atoms with Crippen LogP contribution in [0.4, 0.5) is 5.69 Å². The molecule has 1 atom stereocenters. The van der Waals surface area contributed by atoms with Gasteiger partial charge in [-0.05, 0) is 30.8 Å². The maximum absolute atomic E-state index is 12.5. The maximum Gasteiger partial charge on any atom is 0.270 e. The first kappa shape index (κ1) is 18.5. The number of hydrogen-bond acceptors (Lipinski definition) is 5. The topological polar surface area (TPSA) is 93.5 Å². The van der Waals surface area contributed by atoms with Gasteiger partial charge in [-0.25, -0.2) is 0 Å². The molecule has 2 aromatic rings. The van der Waals surface area contributed by atoms with Gasteiger partial charge in [-0.3, -0.25) is 14.9 Å². The van der Waals surface area contributed by atoms with Crippen LogP contribution >= 0.6 is 12.2 Å². The van der Waals surface area contributed by atoms with E-state index in [4.69, 9.17) is 17.0 Å². The molecule has 0 unspecified atom stereocenters. The number of nitrogens with one attached hydrogen (secondary N) is 2. The van der Waals surface area contributed by atoms with Crippen LogP contribution in [0.3, 0.4) is 0 Å². The van der Waals surface area contributed by atoms with Gasteiger partial charge < -0.3 is 15.4 Å². The molecule has 3 rings (SSSR count). The van der Waals surface area contributed by atoms with Crippen molar-refractivity contribution in [2.24, 2.45) is 0 Å². The molecule has 138 valence electrons. The minimum Gasteiger partial charge on any atom is -0.496 e. The number of carbonyl (C=O) groups excluding carboxylic acids is 1. The number of carbonyl (C=O) groups is 1. The molecule has 0 saturated carbocycles. The molecule has 0 amide bonds. The molecular formula is C19H17N3O4S. The molecule has 2 N–H and O–H groups in total. The van der Waals surface area contributed by atoms with E-state index in [1.807, 2.05) is 30.3 Å². The van der Waals surface area contributed by atoms with E-state index in [1.165, 1.54) is 32.2 Å². The van der Waals surface area contributed by atoms with Crippen molar-refractivity contribution >= 4 is 34.5 Å². The summed E-state index contributed by atoms with van der Waals surface area (Å²) in [6.45, 7) is 1.45. The molecule has 1 aliphatic heterocycles. The van der Waals surface area contributed by atoms with Gasteiger partial charge in [-0.15, -0.1) is 0 Å². The zero-order valence-electron chi connectivity index (χ0n) is 14.7. The Hall–Kier alpha value is -3.26. The van der Waals surface area contributed by atoms with Gasteiger partial charge in [0.05, 0.1) is 23.8 Å². The smallest absolute Gasteiger partial charge is 0.270 e. The largest absolute Gasteiger partial charge is 0.496 e. The van der Waals surface area contributed by atoms with E-state index in [2.05, 4.69) is 10.6 Å². The molecule has 0 spiro atoms. The number of ether oxygens (including phenoxy) is 1. The summed E-state index contributed by atoms with van der Waals surface area (Å²) in [6.07, 6.45) is 0. The second-order valence-corrected chi connectivity index (χ2v) is 6.33. The van der Waals surface area contributed by atoms with Crippen LogP contribution < -0.4 is 15.4 Å². The Morgan fingerprint density at radius 1 is 1.22 bits per heavy atom. The van der Waals surface area contributed by atoms with Crippen LogP contribution in [-0.4, -0.2) is 22.9 Å². The number of rotatable bonds is 5. The summed E-state index contributed by atoms with van der Waals surface area (Å²) in [7, 11) is 1.47. The van der Waals surface area contributed by atoms with Crippen molar-refractivity contribution in [3.8, 4) is 5.75 Å². The molecular weight excluding hydrogens is 366 g/mol. The van der Waals surface area contributed by atoms with Crippen molar-refractivity contribution < 1.29 is 14.5 Å². The first-order valence-corrected chi connectivity index (χ1v) is 8.53. The van der Waals surface area contributed by atoms with E-state index in [9.17, 15) is 14.9 Å². The number of nitro benzene ring substituents is 1. The molecule has 2 aromatic carbocycles. The van der Waals surface area contributed by atoms with Crippen molar-refractivity contribution in [2.75, 3.05) is 7.11 Å². The third-order valence-electron chi connectivity index (χ3n) is 4.25. The van der Waals surface area contributed by atoms with Crippen LogP contribution in [0.15, 0.2) is 54.1 Å². The van der Waals surface area contributed by atoms with Crippen LogP contribution in [0.2, 0.25) is 0 Å². The maximum atomic E-state index is 12.5. The molecule has 1 heterocycles. The zero-order chi connectivity index (χ0) is 19.6. The second-order valence-electron chi connectivity index (χ2n) is 5.93. The number of hydrogen-bond donors (Lipinski definition) is 2. The first-order chi connectivity index (χ1) is 12.9. The highest BCUT2D eigenvalue weighted by molar-refractivity contribution is 7.80. The number of methoxy groups -OCH3 is 1. The highest BCUT2D eigenvalue weighted by atomic mass is 32.1. The lowest BCUT2D eigenvalue weighted by Crippen LogP contribution is -2.44. The fourth-order valence-corrected chi connectivity index (χ4v) is 3.29. The van der Waals surface area contributed by atoms with Gasteiger partial charge in [0.2, 0.25) is 0 Å². The zero-order valence-corrected chi connectivity index (χ0v) is 15.5. The summed E-state index contributed by atoms with van der Waals surface area (Å²) in [5.74, 6) is 0.240. The molecule has 8 heteroatoms. The third-order valence-corrected chi connectivity index (χ3v) is 4.47. The number of nitro groups is 1. The van der Waals surface area contributed by atoms with Gasteiger partial charge in [-0.1, -0.05) is 30.3 Å². The Labute approximate surface area is 161 Å². The van der Waals surface area contributed by atoms with Crippen LogP contribution in [0.5, 0.6) is 5.75 Å². The lowest BCUT2D eigenvalue weighted by atomic mass is 9.90. The number of benzene rings is 2. The molecule has 1 aliphatic rings. The van der Waals surface area contributed by atoms with Gasteiger partial charge in [0.25, 0.3) is 5.69 Å². The van der Waals surface area contributed by atoms with E-state index in [0.717, 1.165) is 5.56 Å². The second kappa shape index (κ2) is 7.55. The predicted octanol–water partition coefficient (Wildman–Crippen LogP) is 3.12. The lowest BCUT2D eigenvalue weighted by molar-refractivity contribution is -0.385. The van der Waals surface area contributed by atoms with Crippen LogP contribution in [-0.2, 0) is 4.79 Å². The first-order valence-electron chi connectivity index (χ1n) is 8.12. The fraction of sp³-hybridized carbons (Fsp3) is 0.158. The van der Waals surface area contributed by atoms with Crippen LogP contribution in [0.1, 0.15) is 24.1 Å². The van der Waals surface area contributed by atoms with Crippen LogP contribution in [0, 0.1) is 10.1 Å². The summed E-state index contributed by atoms with van der Waals surface area (Å²) in [5.41, 5.74) is 2.16. The van der Waals surface area contributed by atoms with Crippen molar-refractivity contribution in [2.45, 2.75) is 13.0 Å². The Kier molecular flexibility index (Phi) is 5.18. The molecule has 0 radical (unpaired) electrons. The quantitative estimate of drug-likeness (QED) is 0.465. The molecule has 7 nitrogen and oxygen atoms in total. The van der Waals surface area contributed by atoms with Gasteiger partial charge in [-0.2, -0.15) is 0 Å². The monoisotopic (exact) mass is 383 g/mol. The van der Waals surface area contributed by atoms with Crippen molar-refractivity contribution in [1.29, 1.82) is 0 Å². The molecule has 0 bridgehead atoms. The summed E-state index contributed by atoms with van der Waals surface area (Å²) < 4.78 is 5.38.